The molecule has 1 N–H and O–H groups in total. The van der Waals surface area contributed by atoms with Gasteiger partial charge in [-0.2, -0.15) is 4.31 Å². The van der Waals surface area contributed by atoms with Crippen molar-refractivity contribution in [3.8, 4) is 5.75 Å². The van der Waals surface area contributed by atoms with E-state index in [0.717, 1.165) is 30.5 Å². The Morgan fingerprint density at radius 1 is 1.10 bits per heavy atom. The zero-order valence-corrected chi connectivity index (χ0v) is 17.5. The van der Waals surface area contributed by atoms with E-state index in [-0.39, 0.29) is 10.8 Å². The predicted molar refractivity (Wildman–Crippen MR) is 114 cm³/mol. The molecular formula is C22H26N2O4S. The van der Waals surface area contributed by atoms with Gasteiger partial charge in [0.2, 0.25) is 15.9 Å². The number of benzene rings is 2. The van der Waals surface area contributed by atoms with Crippen LogP contribution in [0.5, 0.6) is 5.75 Å². The van der Waals surface area contributed by atoms with Gasteiger partial charge in [-0.3, -0.25) is 4.79 Å². The number of carbonyl (C=O) groups is 1. The van der Waals surface area contributed by atoms with Crippen molar-refractivity contribution < 1.29 is 17.9 Å². The zero-order chi connectivity index (χ0) is 20.9. The van der Waals surface area contributed by atoms with Crippen molar-refractivity contribution in [1.29, 1.82) is 0 Å². The fourth-order valence-corrected chi connectivity index (χ4v) is 5.01. The lowest BCUT2D eigenvalue weighted by atomic mass is 10.2. The molecule has 1 saturated heterocycles. The van der Waals surface area contributed by atoms with Crippen molar-refractivity contribution in [2.45, 2.75) is 31.1 Å². The van der Waals surface area contributed by atoms with E-state index in [1.54, 1.807) is 24.3 Å². The fourth-order valence-electron chi connectivity index (χ4n) is 3.30. The van der Waals surface area contributed by atoms with E-state index in [9.17, 15) is 13.2 Å². The van der Waals surface area contributed by atoms with Crippen LogP contribution in [0.15, 0.2) is 53.4 Å². The monoisotopic (exact) mass is 414 g/mol. The molecule has 2 aromatic carbocycles. The van der Waals surface area contributed by atoms with Gasteiger partial charge < -0.3 is 10.1 Å². The summed E-state index contributed by atoms with van der Waals surface area (Å²) in [5, 5.41) is 2.82. The highest BCUT2D eigenvalue weighted by Gasteiger charge is 2.28. The van der Waals surface area contributed by atoms with Crippen molar-refractivity contribution >= 4 is 27.7 Å². The second-order valence-corrected chi connectivity index (χ2v) is 8.92. The third-order valence-corrected chi connectivity index (χ3v) is 6.87. The maximum atomic E-state index is 13.1. The molecule has 1 aliphatic heterocycles. The number of ether oxygens (including phenoxy) is 1. The molecule has 7 heteroatoms. The summed E-state index contributed by atoms with van der Waals surface area (Å²) >= 11 is 0. The second kappa shape index (κ2) is 9.24. The number of para-hydroxylation sites is 1. The summed E-state index contributed by atoms with van der Waals surface area (Å²) in [6, 6.07) is 12.4. The van der Waals surface area contributed by atoms with Gasteiger partial charge in [0.05, 0.1) is 7.11 Å². The lowest BCUT2D eigenvalue weighted by molar-refractivity contribution is -0.111. The first kappa shape index (κ1) is 21.1. The molecular weight excluding hydrogens is 388 g/mol. The number of hydrogen-bond acceptors (Lipinski definition) is 4. The summed E-state index contributed by atoms with van der Waals surface area (Å²) in [6.45, 7) is 2.95. The lowest BCUT2D eigenvalue weighted by Gasteiger charge is -2.26. The molecule has 0 saturated carbocycles. The topological polar surface area (TPSA) is 75.7 Å². The smallest absolute Gasteiger partial charge is 0.248 e. The molecule has 1 aliphatic rings. The molecule has 154 valence electrons. The van der Waals surface area contributed by atoms with Crippen LogP contribution in [0.25, 0.3) is 6.08 Å². The molecule has 0 bridgehead atoms. The minimum Gasteiger partial charge on any atom is -0.495 e. The number of amides is 1. The second-order valence-electron chi connectivity index (χ2n) is 7.01. The van der Waals surface area contributed by atoms with Gasteiger partial charge in [-0.1, -0.05) is 30.7 Å². The highest BCUT2D eigenvalue weighted by atomic mass is 32.2. The molecule has 1 fully saturated rings. The van der Waals surface area contributed by atoms with Crippen LogP contribution in [0.2, 0.25) is 0 Å². The van der Waals surface area contributed by atoms with E-state index in [2.05, 4.69) is 5.32 Å². The normalized spacial score (nSPS) is 15.4. The summed E-state index contributed by atoms with van der Waals surface area (Å²) in [4.78, 5) is 12.4. The number of rotatable bonds is 6. The Bertz CT molecular complexity index is 1010. The molecule has 0 unspecified atom stereocenters. The van der Waals surface area contributed by atoms with Crippen molar-refractivity contribution in [2.75, 3.05) is 25.5 Å². The minimum absolute atomic E-state index is 0.128. The van der Waals surface area contributed by atoms with Crippen LogP contribution in [-0.2, 0) is 14.8 Å². The minimum atomic E-state index is -3.65. The van der Waals surface area contributed by atoms with Crippen LogP contribution in [0.1, 0.15) is 30.4 Å². The van der Waals surface area contributed by atoms with Gasteiger partial charge in [0.25, 0.3) is 0 Å². The number of nitrogens with zero attached hydrogens (tertiary/aromatic N) is 1. The summed E-state index contributed by atoms with van der Waals surface area (Å²) in [5.41, 5.74) is 2.32. The van der Waals surface area contributed by atoms with Gasteiger partial charge >= 0.3 is 0 Å². The van der Waals surface area contributed by atoms with E-state index in [1.165, 1.54) is 17.5 Å². The van der Waals surface area contributed by atoms with Crippen LogP contribution in [-0.4, -0.2) is 38.8 Å². The van der Waals surface area contributed by atoms with Gasteiger partial charge in [0.15, 0.2) is 0 Å². The predicted octanol–water partition coefficient (Wildman–Crippen LogP) is 3.83. The number of piperidine rings is 1. The van der Waals surface area contributed by atoms with Crippen LogP contribution in [0, 0.1) is 6.92 Å². The van der Waals surface area contributed by atoms with E-state index in [4.69, 9.17) is 4.74 Å². The molecule has 3 rings (SSSR count). The molecule has 1 amide bonds. The van der Waals surface area contributed by atoms with E-state index in [0.29, 0.717) is 24.4 Å². The Morgan fingerprint density at radius 3 is 2.52 bits per heavy atom. The Morgan fingerprint density at radius 2 is 1.83 bits per heavy atom. The Labute approximate surface area is 172 Å². The number of aryl methyl sites for hydroxylation is 1. The Kier molecular flexibility index (Phi) is 6.71. The molecule has 0 aliphatic carbocycles. The first-order chi connectivity index (χ1) is 13.9. The summed E-state index contributed by atoms with van der Waals surface area (Å²) in [5.74, 6) is 0.0210. The van der Waals surface area contributed by atoms with E-state index in [1.807, 2.05) is 31.2 Å². The van der Waals surface area contributed by atoms with Gasteiger partial charge in [0, 0.05) is 24.9 Å². The lowest BCUT2D eigenvalue weighted by Crippen LogP contribution is -2.35. The van der Waals surface area contributed by atoms with Crippen LogP contribution in [0.4, 0.5) is 5.69 Å². The maximum Gasteiger partial charge on any atom is 0.248 e. The summed E-state index contributed by atoms with van der Waals surface area (Å²) in [7, 11) is -2.19. The van der Waals surface area contributed by atoms with Crippen LogP contribution >= 0.6 is 0 Å². The molecule has 0 spiro atoms. The number of nitrogens with one attached hydrogen (secondary N) is 1. The number of sulfonamides is 1. The standard InChI is InChI=1S/C22H26N2O4S/c1-17-8-4-5-9-19(17)23-22(25)13-11-18-10-12-20(28-2)21(16-18)29(26,27)24-14-6-3-7-15-24/h4-5,8-13,16H,3,6-7,14-15H2,1-2H3,(H,23,25)/b13-11+. The highest BCUT2D eigenvalue weighted by molar-refractivity contribution is 7.89. The largest absolute Gasteiger partial charge is 0.495 e. The quantitative estimate of drug-likeness (QED) is 0.729. The van der Waals surface area contributed by atoms with Gasteiger partial charge in [0.1, 0.15) is 10.6 Å². The molecule has 0 aromatic heterocycles. The summed E-state index contributed by atoms with van der Waals surface area (Å²) in [6.07, 6.45) is 5.76. The third kappa shape index (κ3) is 5.05. The average Bonchev–Trinajstić information content (AvgIpc) is 2.74. The molecule has 0 radical (unpaired) electrons. The van der Waals surface area contributed by atoms with E-state index >= 15 is 0 Å². The molecule has 6 nitrogen and oxygen atoms in total. The number of hydrogen-bond donors (Lipinski definition) is 1. The first-order valence-corrected chi connectivity index (χ1v) is 11.1. The van der Waals surface area contributed by atoms with Crippen molar-refractivity contribution in [3.63, 3.8) is 0 Å². The zero-order valence-electron chi connectivity index (χ0n) is 16.7. The van der Waals surface area contributed by atoms with Gasteiger partial charge in [-0.05, 0) is 55.2 Å². The highest BCUT2D eigenvalue weighted by Crippen LogP contribution is 2.30. The molecule has 1 heterocycles. The molecule has 0 atom stereocenters. The number of carbonyl (C=O) groups excluding carboxylic acids is 1. The number of anilines is 1. The summed E-state index contributed by atoms with van der Waals surface area (Å²) < 4.78 is 32.9. The number of methoxy groups -OCH3 is 1. The Balaban J connectivity index is 1.82. The van der Waals surface area contributed by atoms with Crippen molar-refractivity contribution in [2.24, 2.45) is 0 Å². The maximum absolute atomic E-state index is 13.1. The first-order valence-electron chi connectivity index (χ1n) is 9.65. The van der Waals surface area contributed by atoms with Crippen molar-refractivity contribution in [3.05, 3.63) is 59.7 Å². The van der Waals surface area contributed by atoms with Crippen LogP contribution < -0.4 is 10.1 Å². The Hall–Kier alpha value is -2.64. The SMILES string of the molecule is COc1ccc(/C=C/C(=O)Nc2ccccc2C)cc1S(=O)(=O)N1CCCCC1. The van der Waals surface area contributed by atoms with Crippen LogP contribution in [0.3, 0.4) is 0 Å². The van der Waals surface area contributed by atoms with Crippen molar-refractivity contribution in [1.82, 2.24) is 4.31 Å². The third-order valence-electron chi connectivity index (χ3n) is 4.95. The van der Waals surface area contributed by atoms with E-state index < -0.39 is 10.0 Å². The van der Waals surface area contributed by atoms with Gasteiger partial charge in [-0.25, -0.2) is 8.42 Å². The average molecular weight is 415 g/mol. The molecule has 29 heavy (non-hydrogen) atoms. The fraction of sp³-hybridized carbons (Fsp3) is 0.318. The van der Waals surface area contributed by atoms with Gasteiger partial charge in [-0.15, -0.1) is 0 Å². The molecule has 2 aromatic rings.